The van der Waals surface area contributed by atoms with Gasteiger partial charge in [-0.2, -0.15) is 0 Å². The number of unbranched alkanes of at least 4 members (excludes halogenated alkanes) is 4. The van der Waals surface area contributed by atoms with Gasteiger partial charge in [0.05, 0.1) is 20.8 Å². The lowest BCUT2D eigenvalue weighted by Crippen LogP contribution is -2.32. The lowest BCUT2D eigenvalue weighted by atomic mass is 10.1. The highest BCUT2D eigenvalue weighted by Crippen LogP contribution is 2.27. The monoisotopic (exact) mass is 350 g/mol. The minimum atomic E-state index is 0.488. The first-order valence-electron chi connectivity index (χ1n) is 8.96. The van der Waals surface area contributed by atoms with Crippen molar-refractivity contribution in [1.82, 2.24) is 10.2 Å². The summed E-state index contributed by atoms with van der Waals surface area (Å²) in [4.78, 5) is 6.61. The van der Waals surface area contributed by atoms with Gasteiger partial charge in [0, 0.05) is 6.54 Å². The highest BCUT2D eigenvalue weighted by Gasteiger charge is 2.04. The molecule has 0 unspecified atom stereocenters. The van der Waals surface area contributed by atoms with Crippen molar-refractivity contribution in [1.29, 1.82) is 0 Å². The van der Waals surface area contributed by atoms with E-state index in [1.54, 1.807) is 14.2 Å². The first-order valence-corrected chi connectivity index (χ1v) is 8.96. The van der Waals surface area contributed by atoms with E-state index in [0.29, 0.717) is 24.0 Å². The molecule has 0 amide bonds. The van der Waals surface area contributed by atoms with Crippen LogP contribution in [0.25, 0.3) is 0 Å². The summed E-state index contributed by atoms with van der Waals surface area (Å²) in [6.45, 7) is 2.56. The Morgan fingerprint density at radius 3 is 2.40 bits per heavy atom. The molecule has 0 bridgehead atoms. The number of nitrogens with zero attached hydrogens (tertiary/aromatic N) is 2. The normalized spacial score (nSPS) is 11.6. The number of methoxy groups -OCH3 is 2. The second-order valence-electron chi connectivity index (χ2n) is 6.39. The molecule has 1 aromatic carbocycles. The lowest BCUT2D eigenvalue weighted by molar-refractivity contribution is 0.354. The maximum Gasteiger partial charge on any atom is 0.188 e. The van der Waals surface area contributed by atoms with Crippen LogP contribution < -0.4 is 20.5 Å². The van der Waals surface area contributed by atoms with Crippen molar-refractivity contribution in [2.45, 2.75) is 38.6 Å². The number of guanidine groups is 1. The Bertz CT molecular complexity index is 518. The molecule has 0 saturated heterocycles. The van der Waals surface area contributed by atoms with Gasteiger partial charge in [-0.05, 0) is 51.2 Å². The summed E-state index contributed by atoms with van der Waals surface area (Å²) >= 11 is 0. The molecule has 3 N–H and O–H groups in total. The maximum atomic E-state index is 5.92. The largest absolute Gasteiger partial charge is 0.493 e. The van der Waals surface area contributed by atoms with Gasteiger partial charge < -0.3 is 25.4 Å². The van der Waals surface area contributed by atoms with E-state index >= 15 is 0 Å². The molecular weight excluding hydrogens is 316 g/mol. The molecule has 1 aromatic rings. The van der Waals surface area contributed by atoms with Gasteiger partial charge in [0.25, 0.3) is 0 Å². The van der Waals surface area contributed by atoms with E-state index in [1.165, 1.54) is 32.2 Å². The number of nitrogens with two attached hydrogens (primary N) is 1. The van der Waals surface area contributed by atoms with Gasteiger partial charge in [0.1, 0.15) is 0 Å². The molecular formula is C19H34N4O2. The zero-order chi connectivity index (χ0) is 18.5. The Balaban J connectivity index is 2.21. The summed E-state index contributed by atoms with van der Waals surface area (Å²) < 4.78 is 10.5. The van der Waals surface area contributed by atoms with E-state index in [-0.39, 0.29) is 0 Å². The molecule has 0 aliphatic rings. The van der Waals surface area contributed by atoms with Crippen molar-refractivity contribution < 1.29 is 9.47 Å². The third kappa shape index (κ3) is 9.19. The van der Waals surface area contributed by atoms with Crippen LogP contribution in [0.5, 0.6) is 11.5 Å². The molecule has 25 heavy (non-hydrogen) atoms. The minimum Gasteiger partial charge on any atom is -0.493 e. The van der Waals surface area contributed by atoms with Crippen LogP contribution in [0.15, 0.2) is 23.2 Å². The van der Waals surface area contributed by atoms with Crippen LogP contribution >= 0.6 is 0 Å². The second kappa shape index (κ2) is 12.4. The number of aliphatic imine (C=N–C) groups is 1. The molecule has 0 heterocycles. The fourth-order valence-electron chi connectivity index (χ4n) is 2.51. The van der Waals surface area contributed by atoms with E-state index in [0.717, 1.165) is 18.5 Å². The fraction of sp³-hybridized carbons (Fsp3) is 0.632. The molecule has 0 aromatic heterocycles. The topological polar surface area (TPSA) is 72.1 Å². The van der Waals surface area contributed by atoms with Crippen molar-refractivity contribution in [3.05, 3.63) is 23.8 Å². The Hall–Kier alpha value is -1.95. The van der Waals surface area contributed by atoms with Crippen LogP contribution in [0.4, 0.5) is 0 Å². The van der Waals surface area contributed by atoms with E-state index in [1.807, 2.05) is 18.2 Å². The number of hydrogen-bond acceptors (Lipinski definition) is 4. The van der Waals surface area contributed by atoms with Gasteiger partial charge >= 0.3 is 0 Å². The van der Waals surface area contributed by atoms with Gasteiger partial charge in [0.15, 0.2) is 17.5 Å². The van der Waals surface area contributed by atoms with Crippen LogP contribution in [0.1, 0.15) is 37.7 Å². The molecule has 0 atom stereocenters. The zero-order valence-corrected chi connectivity index (χ0v) is 16.2. The molecule has 0 saturated carbocycles. The van der Waals surface area contributed by atoms with Crippen molar-refractivity contribution in [3.63, 3.8) is 0 Å². The first kappa shape index (κ1) is 21.1. The molecule has 0 aliphatic heterocycles. The fourth-order valence-corrected chi connectivity index (χ4v) is 2.51. The van der Waals surface area contributed by atoms with E-state index < -0.39 is 0 Å². The Kier molecular flexibility index (Phi) is 10.5. The molecule has 0 aliphatic carbocycles. The second-order valence-corrected chi connectivity index (χ2v) is 6.39. The third-order valence-corrected chi connectivity index (χ3v) is 3.97. The highest BCUT2D eigenvalue weighted by molar-refractivity contribution is 5.77. The first-order chi connectivity index (χ1) is 12.1. The van der Waals surface area contributed by atoms with Crippen molar-refractivity contribution >= 4 is 5.96 Å². The molecule has 6 nitrogen and oxygen atoms in total. The highest BCUT2D eigenvalue weighted by atomic mass is 16.5. The number of nitrogens with one attached hydrogen (secondary N) is 1. The van der Waals surface area contributed by atoms with Crippen molar-refractivity contribution in [2.75, 3.05) is 41.4 Å². The smallest absolute Gasteiger partial charge is 0.188 e. The molecule has 1 rings (SSSR count). The lowest BCUT2D eigenvalue weighted by Gasteiger charge is -2.09. The summed E-state index contributed by atoms with van der Waals surface area (Å²) in [6, 6.07) is 5.76. The summed E-state index contributed by atoms with van der Waals surface area (Å²) in [5, 5.41) is 3.18. The summed E-state index contributed by atoms with van der Waals surface area (Å²) in [5.41, 5.74) is 6.95. The SMILES string of the molecule is COc1ccc(CN=C(N)NCCCCCCCN(C)C)cc1OC. The van der Waals surface area contributed by atoms with Crippen LogP contribution in [-0.2, 0) is 6.54 Å². The maximum absolute atomic E-state index is 5.92. The van der Waals surface area contributed by atoms with Crippen LogP contribution in [0, 0.1) is 0 Å². The number of benzene rings is 1. The summed E-state index contributed by atoms with van der Waals surface area (Å²) in [5.74, 6) is 1.91. The van der Waals surface area contributed by atoms with Gasteiger partial charge in [-0.25, -0.2) is 4.99 Å². The molecule has 0 radical (unpaired) electrons. The number of hydrogen-bond donors (Lipinski definition) is 2. The molecule has 0 spiro atoms. The van der Waals surface area contributed by atoms with Gasteiger partial charge in [-0.3, -0.25) is 0 Å². The van der Waals surface area contributed by atoms with Gasteiger partial charge in [-0.15, -0.1) is 0 Å². The predicted molar refractivity (Wildman–Crippen MR) is 105 cm³/mol. The predicted octanol–water partition coefficient (Wildman–Crippen LogP) is 2.62. The van der Waals surface area contributed by atoms with Crippen LogP contribution in [0.2, 0.25) is 0 Å². The number of ether oxygens (including phenoxy) is 2. The van der Waals surface area contributed by atoms with Crippen molar-refractivity contribution in [3.8, 4) is 11.5 Å². The molecule has 142 valence electrons. The Labute approximate surface area is 152 Å². The summed E-state index contributed by atoms with van der Waals surface area (Å²) in [6.07, 6.45) is 6.19. The average Bonchev–Trinajstić information content (AvgIpc) is 2.61. The quantitative estimate of drug-likeness (QED) is 0.344. The van der Waals surface area contributed by atoms with Crippen LogP contribution in [0.3, 0.4) is 0 Å². The average molecular weight is 351 g/mol. The van der Waals surface area contributed by atoms with Crippen molar-refractivity contribution in [2.24, 2.45) is 10.7 Å². The Morgan fingerprint density at radius 2 is 1.72 bits per heavy atom. The standard InChI is InChI=1S/C19H34N4O2/c1-23(2)13-9-7-5-6-8-12-21-19(20)22-15-16-10-11-17(24-3)18(14-16)25-4/h10-11,14H,5-9,12-13,15H2,1-4H3,(H3,20,21,22). The third-order valence-electron chi connectivity index (χ3n) is 3.97. The van der Waals surface area contributed by atoms with E-state index in [9.17, 15) is 0 Å². The van der Waals surface area contributed by atoms with Gasteiger partial charge in [0.2, 0.25) is 0 Å². The Morgan fingerprint density at radius 1 is 1.04 bits per heavy atom. The van der Waals surface area contributed by atoms with E-state index in [4.69, 9.17) is 15.2 Å². The molecule has 0 fully saturated rings. The van der Waals surface area contributed by atoms with E-state index in [2.05, 4.69) is 29.3 Å². The van der Waals surface area contributed by atoms with Crippen LogP contribution in [-0.4, -0.2) is 52.3 Å². The minimum absolute atomic E-state index is 0.488. The zero-order valence-electron chi connectivity index (χ0n) is 16.2. The van der Waals surface area contributed by atoms with Gasteiger partial charge in [-0.1, -0.05) is 25.3 Å². The molecule has 6 heteroatoms. The summed E-state index contributed by atoms with van der Waals surface area (Å²) in [7, 11) is 7.49. The number of rotatable bonds is 12.